The largest absolute Gasteiger partial charge is 0.550 e. The van der Waals surface area contributed by atoms with Crippen molar-refractivity contribution in [3.05, 3.63) is 42.0 Å². The summed E-state index contributed by atoms with van der Waals surface area (Å²) in [6.07, 6.45) is 5.84. The number of hydrogen-bond donors (Lipinski definition) is 0. The third kappa shape index (κ3) is 2.32. The number of aliphatic carboxylic acids is 1. The Labute approximate surface area is 115 Å². The normalized spacial score (nSPS) is 29.7. The molecular weight excluding hydrogens is 236 g/mol. The number of allylic oxidation sites excluding steroid dienone is 1. The summed E-state index contributed by atoms with van der Waals surface area (Å²) in [6, 6.07) is 10.1. The molecule has 2 rings (SSSR count). The molecule has 0 saturated heterocycles. The molecule has 1 aliphatic rings. The van der Waals surface area contributed by atoms with E-state index in [1.165, 1.54) is 0 Å². The maximum absolute atomic E-state index is 11.4. The van der Waals surface area contributed by atoms with Crippen molar-refractivity contribution in [2.75, 3.05) is 0 Å². The van der Waals surface area contributed by atoms with Gasteiger partial charge in [-0.3, -0.25) is 0 Å². The van der Waals surface area contributed by atoms with Gasteiger partial charge >= 0.3 is 0 Å². The maximum atomic E-state index is 11.4. The minimum Gasteiger partial charge on any atom is -0.550 e. The predicted molar refractivity (Wildman–Crippen MR) is 75.1 cm³/mol. The third-order valence-electron chi connectivity index (χ3n) is 5.08. The monoisotopic (exact) mass is 257 g/mol. The van der Waals surface area contributed by atoms with Crippen molar-refractivity contribution >= 4 is 12.0 Å². The summed E-state index contributed by atoms with van der Waals surface area (Å²) in [5.41, 5.74) is 0.135. The van der Waals surface area contributed by atoms with Crippen LogP contribution in [-0.2, 0) is 4.79 Å². The Kier molecular flexibility index (Phi) is 3.53. The fourth-order valence-corrected chi connectivity index (χ4v) is 3.03. The van der Waals surface area contributed by atoms with Crippen molar-refractivity contribution in [1.29, 1.82) is 0 Å². The summed E-state index contributed by atoms with van der Waals surface area (Å²) in [4.78, 5) is 11.4. The Morgan fingerprint density at radius 2 is 1.89 bits per heavy atom. The number of carbonyl (C=O) groups is 1. The average molecular weight is 257 g/mol. The van der Waals surface area contributed by atoms with Gasteiger partial charge < -0.3 is 9.90 Å². The van der Waals surface area contributed by atoms with Crippen LogP contribution in [0.25, 0.3) is 6.08 Å². The van der Waals surface area contributed by atoms with E-state index in [2.05, 4.69) is 24.3 Å². The first-order valence-electron chi connectivity index (χ1n) is 6.82. The number of carboxylic acids is 1. The van der Waals surface area contributed by atoms with Crippen LogP contribution < -0.4 is 5.11 Å². The summed E-state index contributed by atoms with van der Waals surface area (Å²) in [5, 5.41) is 11.4. The van der Waals surface area contributed by atoms with E-state index in [-0.39, 0.29) is 11.3 Å². The fraction of sp³-hybridized carbons (Fsp3) is 0.471. The molecule has 1 fully saturated rings. The van der Waals surface area contributed by atoms with Gasteiger partial charge in [-0.1, -0.05) is 63.3 Å². The number of hydrogen-bond acceptors (Lipinski definition) is 2. The van der Waals surface area contributed by atoms with Gasteiger partial charge in [-0.25, -0.2) is 0 Å². The number of rotatable bonds is 3. The molecule has 0 unspecified atom stereocenters. The molecule has 0 heterocycles. The van der Waals surface area contributed by atoms with Crippen molar-refractivity contribution in [3.8, 4) is 0 Å². The third-order valence-corrected chi connectivity index (χ3v) is 5.08. The lowest BCUT2D eigenvalue weighted by atomic mass is 9.65. The van der Waals surface area contributed by atoms with Crippen molar-refractivity contribution in [1.82, 2.24) is 0 Å². The summed E-state index contributed by atoms with van der Waals surface area (Å²) in [6.45, 7) is 5.89. The van der Waals surface area contributed by atoms with E-state index >= 15 is 0 Å². The van der Waals surface area contributed by atoms with E-state index < -0.39 is 11.4 Å². The van der Waals surface area contributed by atoms with Gasteiger partial charge in [0, 0.05) is 11.4 Å². The van der Waals surface area contributed by atoms with Gasteiger partial charge in [0.25, 0.3) is 0 Å². The van der Waals surface area contributed by atoms with Gasteiger partial charge in [-0.05, 0) is 29.7 Å². The summed E-state index contributed by atoms with van der Waals surface area (Å²) < 4.78 is 0. The topological polar surface area (TPSA) is 40.1 Å². The smallest absolute Gasteiger partial charge is 0.0479 e. The Balaban J connectivity index is 2.20. The van der Waals surface area contributed by atoms with Crippen LogP contribution in [-0.4, -0.2) is 5.97 Å². The minimum absolute atomic E-state index is 0.274. The van der Waals surface area contributed by atoms with Crippen molar-refractivity contribution in [2.24, 2.45) is 16.7 Å². The van der Waals surface area contributed by atoms with Crippen molar-refractivity contribution in [2.45, 2.75) is 33.6 Å². The van der Waals surface area contributed by atoms with Gasteiger partial charge in [0.2, 0.25) is 0 Å². The van der Waals surface area contributed by atoms with E-state index in [1.807, 2.05) is 39.0 Å². The Morgan fingerprint density at radius 1 is 1.26 bits per heavy atom. The summed E-state index contributed by atoms with van der Waals surface area (Å²) in [7, 11) is 0. The lowest BCUT2D eigenvalue weighted by Gasteiger charge is -2.41. The zero-order valence-corrected chi connectivity index (χ0v) is 11.8. The van der Waals surface area contributed by atoms with E-state index in [0.29, 0.717) is 6.42 Å². The average Bonchev–Trinajstić information content (AvgIpc) is 2.61. The Hall–Kier alpha value is -1.57. The zero-order valence-electron chi connectivity index (χ0n) is 11.8. The highest BCUT2D eigenvalue weighted by atomic mass is 16.4. The van der Waals surface area contributed by atoms with Crippen LogP contribution >= 0.6 is 0 Å². The van der Waals surface area contributed by atoms with Crippen LogP contribution in [0.1, 0.15) is 39.2 Å². The maximum Gasteiger partial charge on any atom is 0.0479 e. The molecule has 0 aromatic heterocycles. The molecule has 0 radical (unpaired) electrons. The van der Waals surface area contributed by atoms with Gasteiger partial charge in [0.15, 0.2) is 0 Å². The van der Waals surface area contributed by atoms with Crippen LogP contribution in [0, 0.1) is 16.7 Å². The standard InChI is InChI=1S/C17H22O2/c1-16(2)14(11-12-17(16,3)15(18)19)10-9-13-7-5-4-6-8-13/h4-10,14H,11-12H2,1-3H3,(H,18,19)/p-1/b10-9-/t14-,17+/m0/s1. The lowest BCUT2D eigenvalue weighted by Crippen LogP contribution is -2.47. The molecule has 19 heavy (non-hydrogen) atoms. The second kappa shape index (κ2) is 4.84. The van der Waals surface area contributed by atoms with E-state index in [1.54, 1.807) is 0 Å². The van der Waals surface area contributed by atoms with E-state index in [4.69, 9.17) is 0 Å². The number of benzene rings is 1. The Morgan fingerprint density at radius 3 is 2.42 bits per heavy atom. The zero-order chi connectivity index (χ0) is 14.1. The van der Waals surface area contributed by atoms with Crippen molar-refractivity contribution < 1.29 is 9.90 Å². The van der Waals surface area contributed by atoms with Gasteiger partial charge in [-0.15, -0.1) is 0 Å². The quantitative estimate of drug-likeness (QED) is 0.835. The first-order valence-corrected chi connectivity index (χ1v) is 6.82. The SMILES string of the molecule is CC1(C)[C@@H](/C=C\c2ccccc2)CC[C@]1(C)C(=O)[O-]. The van der Waals surface area contributed by atoms with Crippen LogP contribution in [0.2, 0.25) is 0 Å². The molecule has 1 aromatic rings. The van der Waals surface area contributed by atoms with Crippen LogP contribution in [0.15, 0.2) is 36.4 Å². The second-order valence-electron chi connectivity index (χ2n) is 6.26. The van der Waals surface area contributed by atoms with E-state index in [0.717, 1.165) is 12.0 Å². The molecule has 2 atom stereocenters. The van der Waals surface area contributed by atoms with Crippen molar-refractivity contribution in [3.63, 3.8) is 0 Å². The molecule has 0 bridgehead atoms. The van der Waals surface area contributed by atoms with Gasteiger partial charge in [-0.2, -0.15) is 0 Å². The summed E-state index contributed by atoms with van der Waals surface area (Å²) in [5.74, 6) is -0.649. The first kappa shape index (κ1) is 13.9. The molecule has 2 heteroatoms. The highest BCUT2D eigenvalue weighted by Gasteiger charge is 2.51. The molecule has 1 saturated carbocycles. The van der Waals surface area contributed by atoms with Crippen LogP contribution in [0.4, 0.5) is 0 Å². The molecule has 102 valence electrons. The lowest BCUT2D eigenvalue weighted by molar-refractivity contribution is -0.323. The molecule has 0 aliphatic heterocycles. The van der Waals surface area contributed by atoms with Gasteiger partial charge in [0.05, 0.1) is 0 Å². The first-order chi connectivity index (χ1) is 8.88. The highest BCUT2D eigenvalue weighted by molar-refractivity contribution is 5.74. The highest BCUT2D eigenvalue weighted by Crippen LogP contribution is 2.56. The molecule has 0 spiro atoms. The molecule has 0 N–H and O–H groups in total. The fourth-order valence-electron chi connectivity index (χ4n) is 3.03. The van der Waals surface area contributed by atoms with Crippen LogP contribution in [0.5, 0.6) is 0 Å². The molecule has 2 nitrogen and oxygen atoms in total. The minimum atomic E-state index is -0.923. The number of carboxylic acid groups (broad SMARTS) is 1. The van der Waals surface area contributed by atoms with Crippen LogP contribution in [0.3, 0.4) is 0 Å². The molecule has 0 amide bonds. The summed E-state index contributed by atoms with van der Waals surface area (Å²) >= 11 is 0. The predicted octanol–water partition coefficient (Wildman–Crippen LogP) is 2.89. The second-order valence-corrected chi connectivity index (χ2v) is 6.26. The van der Waals surface area contributed by atoms with Gasteiger partial charge in [0.1, 0.15) is 0 Å². The molecule has 1 aromatic carbocycles. The molecular formula is C17H21O2-. The Bertz CT molecular complexity index is 487. The number of carbonyl (C=O) groups excluding carboxylic acids is 1. The molecule has 1 aliphatic carbocycles. The van der Waals surface area contributed by atoms with E-state index in [9.17, 15) is 9.90 Å².